The molecule has 0 unspecified atom stereocenters. The van der Waals surface area contributed by atoms with Crippen molar-refractivity contribution in [1.82, 2.24) is 15.1 Å². The highest BCUT2D eigenvalue weighted by Gasteiger charge is 2.12. The van der Waals surface area contributed by atoms with Crippen LogP contribution in [0.1, 0.15) is 5.89 Å². The van der Waals surface area contributed by atoms with Gasteiger partial charge in [-0.2, -0.15) is 4.98 Å². The second-order valence-corrected chi connectivity index (χ2v) is 5.82. The fraction of sp³-hybridized carbons (Fsp3) is 0.133. The Balaban J connectivity index is 1.59. The van der Waals surface area contributed by atoms with E-state index in [1.807, 2.05) is 0 Å². The van der Waals surface area contributed by atoms with Gasteiger partial charge < -0.3 is 9.84 Å². The van der Waals surface area contributed by atoms with E-state index in [0.29, 0.717) is 35.5 Å². The smallest absolute Gasteiger partial charge is 0.289 e. The highest BCUT2D eigenvalue weighted by molar-refractivity contribution is 6.33. The van der Waals surface area contributed by atoms with Crippen molar-refractivity contribution in [2.75, 3.05) is 11.9 Å². The maximum absolute atomic E-state index is 10.7. The zero-order valence-electron chi connectivity index (χ0n) is 12.6. The molecule has 3 aromatic rings. The van der Waals surface area contributed by atoms with Gasteiger partial charge in [-0.25, -0.2) is 4.98 Å². The lowest BCUT2D eigenvalue weighted by Crippen LogP contribution is -2.07. The van der Waals surface area contributed by atoms with Crippen LogP contribution in [0.3, 0.4) is 0 Å². The van der Waals surface area contributed by atoms with Gasteiger partial charge >= 0.3 is 0 Å². The topological polar surface area (TPSA) is 107 Å². The average Bonchev–Trinajstić information content (AvgIpc) is 3.05. The highest BCUT2D eigenvalue weighted by Crippen LogP contribution is 2.24. The lowest BCUT2D eigenvalue weighted by atomic mass is 10.2. The van der Waals surface area contributed by atoms with Crippen molar-refractivity contribution in [2.45, 2.75) is 6.42 Å². The number of pyridine rings is 1. The first kappa shape index (κ1) is 17.1. The molecule has 1 aromatic carbocycles. The third-order valence-corrected chi connectivity index (χ3v) is 3.78. The molecule has 0 amide bonds. The molecule has 0 saturated carbocycles. The monoisotopic (exact) mass is 379 g/mol. The lowest BCUT2D eigenvalue weighted by Gasteiger charge is -2.05. The number of benzene rings is 1. The van der Waals surface area contributed by atoms with Gasteiger partial charge in [0.2, 0.25) is 11.7 Å². The maximum Gasteiger partial charge on any atom is 0.289 e. The van der Waals surface area contributed by atoms with Crippen molar-refractivity contribution in [3.05, 3.63) is 62.6 Å². The molecule has 0 aliphatic heterocycles. The van der Waals surface area contributed by atoms with Gasteiger partial charge in [0.25, 0.3) is 5.69 Å². The quantitative estimate of drug-likeness (QED) is 0.509. The fourth-order valence-electron chi connectivity index (χ4n) is 2.02. The Morgan fingerprint density at radius 1 is 1.24 bits per heavy atom. The summed E-state index contributed by atoms with van der Waals surface area (Å²) >= 11 is 11.8. The van der Waals surface area contributed by atoms with Crippen LogP contribution in [-0.2, 0) is 6.42 Å². The second-order valence-electron chi connectivity index (χ2n) is 4.98. The molecule has 0 atom stereocenters. The molecular weight excluding hydrogens is 369 g/mol. The first-order chi connectivity index (χ1) is 12.0. The minimum atomic E-state index is -0.556. The number of hydrogen-bond acceptors (Lipinski definition) is 7. The van der Waals surface area contributed by atoms with E-state index in [4.69, 9.17) is 27.7 Å². The molecule has 0 aliphatic carbocycles. The summed E-state index contributed by atoms with van der Waals surface area (Å²) in [7, 11) is 0. The number of nitro groups is 1. The zero-order chi connectivity index (χ0) is 17.8. The normalized spacial score (nSPS) is 10.6. The van der Waals surface area contributed by atoms with Crippen molar-refractivity contribution in [1.29, 1.82) is 0 Å². The van der Waals surface area contributed by atoms with Crippen LogP contribution >= 0.6 is 23.2 Å². The largest absolute Gasteiger partial charge is 0.368 e. The van der Waals surface area contributed by atoms with E-state index in [2.05, 4.69) is 20.4 Å². The van der Waals surface area contributed by atoms with Crippen molar-refractivity contribution >= 4 is 34.7 Å². The summed E-state index contributed by atoms with van der Waals surface area (Å²) < 4.78 is 5.19. The summed E-state index contributed by atoms with van der Waals surface area (Å²) in [4.78, 5) is 18.3. The molecular formula is C15H11Cl2N5O3. The molecule has 8 nitrogen and oxygen atoms in total. The summed E-state index contributed by atoms with van der Waals surface area (Å²) in [6.45, 7) is 0.423. The van der Waals surface area contributed by atoms with Gasteiger partial charge in [0, 0.05) is 29.6 Å². The average molecular weight is 380 g/mol. The van der Waals surface area contributed by atoms with E-state index >= 15 is 0 Å². The van der Waals surface area contributed by atoms with Gasteiger partial charge in [0.05, 0.1) is 9.95 Å². The molecule has 2 aromatic heterocycles. The van der Waals surface area contributed by atoms with Gasteiger partial charge in [-0.05, 0) is 24.3 Å². The molecule has 0 fully saturated rings. The molecule has 25 heavy (non-hydrogen) atoms. The predicted molar refractivity (Wildman–Crippen MR) is 92.8 cm³/mol. The number of nitrogens with zero attached hydrogens (tertiary/aromatic N) is 4. The van der Waals surface area contributed by atoms with Crippen LogP contribution in [0, 0.1) is 10.1 Å². The minimum Gasteiger partial charge on any atom is -0.368 e. The molecule has 0 saturated heterocycles. The Hall–Kier alpha value is -2.71. The SMILES string of the molecule is O=[N+]([O-])c1cnc(NCCc2nc(-c3ccc(Cl)cc3)no2)c(Cl)c1. The molecule has 0 bridgehead atoms. The van der Waals surface area contributed by atoms with Gasteiger partial charge in [-0.1, -0.05) is 28.4 Å². The molecule has 0 radical (unpaired) electrons. The van der Waals surface area contributed by atoms with Crippen LogP contribution in [-0.4, -0.2) is 26.6 Å². The van der Waals surface area contributed by atoms with Crippen molar-refractivity contribution in [2.24, 2.45) is 0 Å². The Morgan fingerprint density at radius 3 is 2.68 bits per heavy atom. The van der Waals surface area contributed by atoms with E-state index in [9.17, 15) is 10.1 Å². The summed E-state index contributed by atoms with van der Waals surface area (Å²) in [5.74, 6) is 1.26. The Morgan fingerprint density at radius 2 is 2.00 bits per heavy atom. The Kier molecular flexibility index (Phi) is 5.11. The first-order valence-corrected chi connectivity index (χ1v) is 7.91. The number of rotatable bonds is 6. The van der Waals surface area contributed by atoms with Crippen LogP contribution in [0.25, 0.3) is 11.4 Å². The molecule has 0 aliphatic rings. The van der Waals surface area contributed by atoms with E-state index < -0.39 is 4.92 Å². The molecule has 10 heteroatoms. The fourth-order valence-corrected chi connectivity index (χ4v) is 2.37. The van der Waals surface area contributed by atoms with Gasteiger partial charge in [0.15, 0.2) is 0 Å². The Labute approximate surface area is 151 Å². The highest BCUT2D eigenvalue weighted by atomic mass is 35.5. The number of aromatic nitrogens is 3. The predicted octanol–water partition coefficient (Wildman–Crippen LogP) is 4.00. The standard InChI is InChI=1S/C15H11Cl2N5O3/c16-10-3-1-9(2-4-10)14-20-13(25-21-14)5-6-18-15-12(17)7-11(8-19-15)22(23)24/h1-4,7-8H,5-6H2,(H,18,19). The van der Waals surface area contributed by atoms with Crippen molar-refractivity contribution in [3.63, 3.8) is 0 Å². The third kappa shape index (κ3) is 4.23. The third-order valence-electron chi connectivity index (χ3n) is 3.24. The summed E-state index contributed by atoms with van der Waals surface area (Å²) in [5.41, 5.74) is 0.632. The number of halogens is 2. The molecule has 3 rings (SSSR count). The zero-order valence-corrected chi connectivity index (χ0v) is 14.2. The van der Waals surface area contributed by atoms with Crippen molar-refractivity contribution in [3.8, 4) is 11.4 Å². The van der Waals surface area contributed by atoms with Crippen molar-refractivity contribution < 1.29 is 9.45 Å². The lowest BCUT2D eigenvalue weighted by molar-refractivity contribution is -0.385. The van der Waals surface area contributed by atoms with E-state index in [1.165, 1.54) is 6.07 Å². The Bertz CT molecular complexity index is 898. The van der Waals surface area contributed by atoms with Crippen LogP contribution in [0.15, 0.2) is 41.1 Å². The van der Waals surface area contributed by atoms with E-state index in [1.54, 1.807) is 24.3 Å². The molecule has 128 valence electrons. The second kappa shape index (κ2) is 7.45. The van der Waals surface area contributed by atoms with Crippen LogP contribution in [0.4, 0.5) is 11.5 Å². The first-order valence-electron chi connectivity index (χ1n) is 7.15. The molecule has 2 heterocycles. The van der Waals surface area contributed by atoms with E-state index in [0.717, 1.165) is 11.8 Å². The minimum absolute atomic E-state index is 0.167. The van der Waals surface area contributed by atoms with E-state index in [-0.39, 0.29) is 10.7 Å². The number of nitrogens with one attached hydrogen (secondary N) is 1. The summed E-state index contributed by atoms with van der Waals surface area (Å²) in [5, 5.41) is 18.3. The summed E-state index contributed by atoms with van der Waals surface area (Å²) in [6.07, 6.45) is 1.58. The summed E-state index contributed by atoms with van der Waals surface area (Å²) in [6, 6.07) is 8.33. The van der Waals surface area contributed by atoms with Gasteiger partial charge in [-0.15, -0.1) is 0 Å². The van der Waals surface area contributed by atoms with Crippen LogP contribution in [0.2, 0.25) is 10.0 Å². The molecule has 1 N–H and O–H groups in total. The van der Waals surface area contributed by atoms with Crippen LogP contribution in [0.5, 0.6) is 0 Å². The number of hydrogen-bond donors (Lipinski definition) is 1. The molecule has 0 spiro atoms. The van der Waals surface area contributed by atoms with Gasteiger partial charge in [-0.3, -0.25) is 10.1 Å². The maximum atomic E-state index is 10.7. The number of anilines is 1. The van der Waals surface area contributed by atoms with Crippen LogP contribution < -0.4 is 5.32 Å². The van der Waals surface area contributed by atoms with Gasteiger partial charge in [0.1, 0.15) is 12.0 Å².